The van der Waals surface area contributed by atoms with E-state index in [1.54, 1.807) is 5.43 Å². The third-order valence-electron chi connectivity index (χ3n) is 9.71. The number of Topliss-reactive ketones (excluding diaryl/α,β-unsaturated/α-hetero) is 1. The number of rotatable bonds is 6. The molecule has 4 saturated carbocycles. The van der Waals surface area contributed by atoms with E-state index in [0.29, 0.717) is 18.2 Å². The monoisotopic (exact) mass is 402 g/mol. The van der Waals surface area contributed by atoms with Gasteiger partial charge in [0.05, 0.1) is 11.8 Å². The Hall–Kier alpha value is -1.07. The number of nitrogens with zero attached hydrogens (tertiary/aromatic N) is 1. The first-order valence-electron chi connectivity index (χ1n) is 12.0. The predicted molar refractivity (Wildman–Crippen MR) is 115 cm³/mol. The molecule has 0 spiro atoms. The molecule has 0 saturated heterocycles. The average Bonchev–Trinajstić information content (AvgIpc) is 3.08. The largest absolute Gasteiger partial charge is 0.390 e. The van der Waals surface area contributed by atoms with E-state index in [4.69, 9.17) is 5.41 Å². The van der Waals surface area contributed by atoms with Crippen molar-refractivity contribution in [1.29, 1.82) is 5.41 Å². The van der Waals surface area contributed by atoms with Crippen LogP contribution in [0.2, 0.25) is 0 Å². The molecule has 4 rings (SSSR count). The Labute approximate surface area is 175 Å². The van der Waals surface area contributed by atoms with Crippen LogP contribution in [0.5, 0.6) is 0 Å². The molecule has 0 amide bonds. The zero-order chi connectivity index (χ0) is 20.6. The number of hydrogen-bond donors (Lipinski definition) is 3. The summed E-state index contributed by atoms with van der Waals surface area (Å²) in [5, 5.41) is 21.9. The molecule has 8 unspecified atom stereocenters. The minimum atomic E-state index is -0.404. The number of aliphatic hydroxyl groups is 1. The molecule has 0 aromatic carbocycles. The number of nitrogens with one attached hydrogen (secondary N) is 1. The van der Waals surface area contributed by atoms with E-state index < -0.39 is 5.60 Å². The second-order valence-corrected chi connectivity index (χ2v) is 10.7. The summed E-state index contributed by atoms with van der Waals surface area (Å²) < 4.78 is 0. The summed E-state index contributed by atoms with van der Waals surface area (Å²) >= 11 is 0. The minimum Gasteiger partial charge on any atom is -0.390 e. The van der Waals surface area contributed by atoms with Crippen molar-refractivity contribution < 1.29 is 15.3 Å². The molecule has 0 aromatic rings. The van der Waals surface area contributed by atoms with Crippen molar-refractivity contribution >= 4 is 18.2 Å². The van der Waals surface area contributed by atoms with Crippen molar-refractivity contribution in [2.24, 2.45) is 46.0 Å². The summed E-state index contributed by atoms with van der Waals surface area (Å²) in [5.74, 6) is 4.40. The van der Waals surface area contributed by atoms with E-state index in [2.05, 4.69) is 18.9 Å². The molecule has 0 aliphatic heterocycles. The Morgan fingerprint density at radius 3 is 2.69 bits per heavy atom. The topological polar surface area (TPSA) is 90.1 Å². The van der Waals surface area contributed by atoms with E-state index >= 15 is 0 Å². The molecular weight excluding hydrogens is 362 g/mol. The van der Waals surface area contributed by atoms with Gasteiger partial charge in [-0.05, 0) is 99.2 Å². The summed E-state index contributed by atoms with van der Waals surface area (Å²) in [6.45, 7) is 4.96. The van der Waals surface area contributed by atoms with E-state index in [9.17, 15) is 9.90 Å². The lowest BCUT2D eigenvalue weighted by Gasteiger charge is -2.57. The molecule has 5 nitrogen and oxygen atoms in total. The van der Waals surface area contributed by atoms with Crippen molar-refractivity contribution in [3.8, 4) is 0 Å². The maximum Gasteiger partial charge on any atom is 0.192 e. The molecule has 5 heteroatoms. The van der Waals surface area contributed by atoms with Gasteiger partial charge < -0.3 is 10.5 Å². The highest BCUT2D eigenvalue weighted by atomic mass is 16.3. The SMILES string of the molecule is CCC1(O)CCC2C(CCC3C2CCC2(C)C(C(=O)C[NH2+]N=CC=N)CCC32)C1. The summed E-state index contributed by atoms with van der Waals surface area (Å²) in [6, 6.07) is 0. The number of carbonyl (C=O) groups is 1. The fourth-order valence-electron chi connectivity index (χ4n) is 8.20. The fourth-order valence-corrected chi connectivity index (χ4v) is 8.20. The third kappa shape index (κ3) is 3.74. The normalized spacial score (nSPS) is 46.7. The highest BCUT2D eigenvalue weighted by molar-refractivity contribution is 6.14. The number of ketones is 1. The van der Waals surface area contributed by atoms with Crippen LogP contribution in [0.3, 0.4) is 0 Å². The molecule has 162 valence electrons. The van der Waals surface area contributed by atoms with Crippen molar-refractivity contribution in [2.75, 3.05) is 6.54 Å². The van der Waals surface area contributed by atoms with Gasteiger partial charge in [-0.2, -0.15) is 0 Å². The predicted octanol–water partition coefficient (Wildman–Crippen LogP) is 3.16. The number of carbonyl (C=O) groups excluding carboxylic acids is 1. The van der Waals surface area contributed by atoms with Crippen LogP contribution < -0.4 is 5.43 Å². The van der Waals surface area contributed by atoms with Crippen LogP contribution in [0, 0.1) is 46.3 Å². The second kappa shape index (κ2) is 8.22. The molecule has 29 heavy (non-hydrogen) atoms. The van der Waals surface area contributed by atoms with E-state index in [-0.39, 0.29) is 11.3 Å². The van der Waals surface area contributed by atoms with Crippen LogP contribution in [-0.4, -0.2) is 35.5 Å². The van der Waals surface area contributed by atoms with Crippen molar-refractivity contribution in [2.45, 2.75) is 83.7 Å². The van der Waals surface area contributed by atoms with E-state index in [0.717, 1.165) is 55.6 Å². The Morgan fingerprint density at radius 2 is 1.93 bits per heavy atom. The smallest absolute Gasteiger partial charge is 0.192 e. The van der Waals surface area contributed by atoms with Crippen LogP contribution in [0.4, 0.5) is 0 Å². The molecular formula is C24H40N3O2+. The first kappa shape index (κ1) is 21.2. The maximum absolute atomic E-state index is 13.0. The van der Waals surface area contributed by atoms with Crippen molar-refractivity contribution in [3.63, 3.8) is 0 Å². The zero-order valence-electron chi connectivity index (χ0n) is 18.3. The van der Waals surface area contributed by atoms with Crippen LogP contribution in [0.1, 0.15) is 78.1 Å². The molecule has 0 aromatic heterocycles. The van der Waals surface area contributed by atoms with Crippen LogP contribution >= 0.6 is 0 Å². The molecule has 4 aliphatic rings. The summed E-state index contributed by atoms with van der Waals surface area (Å²) in [7, 11) is 0. The van der Waals surface area contributed by atoms with Gasteiger partial charge in [-0.1, -0.05) is 18.9 Å². The molecule has 4 fully saturated rings. The van der Waals surface area contributed by atoms with Crippen LogP contribution in [-0.2, 0) is 4.79 Å². The van der Waals surface area contributed by atoms with Gasteiger partial charge >= 0.3 is 0 Å². The lowest BCUT2D eigenvalue weighted by atomic mass is 9.48. The molecule has 4 aliphatic carbocycles. The van der Waals surface area contributed by atoms with Gasteiger partial charge in [0.15, 0.2) is 12.3 Å². The minimum absolute atomic E-state index is 0.170. The maximum atomic E-state index is 13.0. The summed E-state index contributed by atoms with van der Waals surface area (Å²) in [5.41, 5.74) is 1.44. The summed E-state index contributed by atoms with van der Waals surface area (Å²) in [6.07, 6.45) is 14.0. The first-order valence-corrected chi connectivity index (χ1v) is 12.0. The second-order valence-electron chi connectivity index (χ2n) is 10.7. The van der Waals surface area contributed by atoms with Gasteiger partial charge in [-0.15, -0.1) is 0 Å². The highest BCUT2D eigenvalue weighted by Crippen LogP contribution is 2.64. The zero-order valence-corrected chi connectivity index (χ0v) is 18.3. The number of hydrogen-bond acceptors (Lipinski definition) is 4. The lowest BCUT2D eigenvalue weighted by Crippen LogP contribution is -2.80. The summed E-state index contributed by atoms with van der Waals surface area (Å²) in [4.78, 5) is 13.0. The van der Waals surface area contributed by atoms with E-state index in [1.807, 2.05) is 0 Å². The van der Waals surface area contributed by atoms with Crippen molar-refractivity contribution in [1.82, 2.24) is 0 Å². The fraction of sp³-hybridized carbons (Fsp3) is 0.875. The van der Waals surface area contributed by atoms with Gasteiger partial charge in [0.2, 0.25) is 0 Å². The van der Waals surface area contributed by atoms with Gasteiger partial charge in [-0.25, -0.2) is 5.43 Å². The highest BCUT2D eigenvalue weighted by Gasteiger charge is 2.59. The number of quaternary nitrogens is 1. The first-order chi connectivity index (χ1) is 13.9. The molecule has 0 radical (unpaired) electrons. The molecule has 0 heterocycles. The van der Waals surface area contributed by atoms with Gasteiger partial charge in [0.25, 0.3) is 0 Å². The van der Waals surface area contributed by atoms with Crippen molar-refractivity contribution in [3.05, 3.63) is 0 Å². The molecule has 4 N–H and O–H groups in total. The standard InChI is InChI=1S/C24H39N3O2/c1-3-24(29)11-9-17-16(14-24)4-5-19-18(17)8-10-23(2)20(19)6-7-21(23)22(28)15-27-26-13-12-25/h12-13,16-21,25,27,29H,3-11,14-15H2,1-2H3/p+1. The molecule has 0 bridgehead atoms. The Bertz CT molecular complexity index is 665. The van der Waals surface area contributed by atoms with Gasteiger partial charge in [0, 0.05) is 12.1 Å². The van der Waals surface area contributed by atoms with Crippen LogP contribution in [0.15, 0.2) is 5.10 Å². The number of nitrogens with two attached hydrogens (primary N) is 1. The third-order valence-corrected chi connectivity index (χ3v) is 9.71. The number of fused-ring (bicyclic) bond motifs is 5. The molecule has 8 atom stereocenters. The Kier molecular flexibility index (Phi) is 6.00. The van der Waals surface area contributed by atoms with E-state index in [1.165, 1.54) is 44.7 Å². The van der Waals surface area contributed by atoms with Gasteiger partial charge in [-0.3, -0.25) is 4.79 Å². The average molecular weight is 403 g/mol. The Morgan fingerprint density at radius 1 is 1.14 bits per heavy atom. The Balaban J connectivity index is 1.43. The van der Waals surface area contributed by atoms with Gasteiger partial charge in [0.1, 0.15) is 0 Å². The van der Waals surface area contributed by atoms with Crippen LogP contribution in [0.25, 0.3) is 0 Å². The lowest BCUT2D eigenvalue weighted by molar-refractivity contribution is -0.649. The quantitative estimate of drug-likeness (QED) is 0.362.